The second-order valence-electron chi connectivity index (χ2n) is 8.98. The topological polar surface area (TPSA) is 93.4 Å². The molecule has 1 aliphatic heterocycles. The number of anilines is 1. The maximum Gasteiger partial charge on any atom is 0.324 e. The third kappa shape index (κ3) is 6.42. The molecular formula is C23H35N5O3. The van der Waals surface area contributed by atoms with Crippen LogP contribution >= 0.6 is 0 Å². The van der Waals surface area contributed by atoms with Crippen LogP contribution in [0, 0.1) is 12.8 Å². The summed E-state index contributed by atoms with van der Waals surface area (Å²) in [5, 5.41) is 6.95. The average molecular weight is 430 g/mol. The highest BCUT2D eigenvalue weighted by atomic mass is 16.5. The normalized spacial score (nSPS) is 15.0. The Morgan fingerprint density at radius 3 is 2.65 bits per heavy atom. The molecule has 1 N–H and O–H groups in total. The minimum Gasteiger partial charge on any atom is -0.478 e. The van der Waals surface area contributed by atoms with Gasteiger partial charge in [0.1, 0.15) is 0 Å². The van der Waals surface area contributed by atoms with Crippen molar-refractivity contribution in [1.82, 2.24) is 20.4 Å². The van der Waals surface area contributed by atoms with Gasteiger partial charge in [0.15, 0.2) is 5.82 Å². The number of ether oxygens (including phenoxy) is 1. The van der Waals surface area contributed by atoms with Crippen LogP contribution in [0.25, 0.3) is 0 Å². The van der Waals surface area contributed by atoms with Crippen molar-refractivity contribution < 1.29 is 14.1 Å². The van der Waals surface area contributed by atoms with Crippen LogP contribution in [0.2, 0.25) is 0 Å². The summed E-state index contributed by atoms with van der Waals surface area (Å²) in [6, 6.07) is 2.58. The van der Waals surface area contributed by atoms with Crippen molar-refractivity contribution in [2.45, 2.75) is 72.3 Å². The Bertz CT molecular complexity index is 857. The third-order valence-electron chi connectivity index (χ3n) is 5.59. The summed E-state index contributed by atoms with van der Waals surface area (Å²) in [5.41, 5.74) is 1.46. The summed E-state index contributed by atoms with van der Waals surface area (Å²) in [6.07, 6.45) is 5.95. The van der Waals surface area contributed by atoms with Crippen molar-refractivity contribution in [3.63, 3.8) is 0 Å². The van der Waals surface area contributed by atoms with E-state index in [1.54, 1.807) is 6.20 Å². The van der Waals surface area contributed by atoms with Crippen molar-refractivity contribution in [1.29, 1.82) is 0 Å². The van der Waals surface area contributed by atoms with Gasteiger partial charge in [-0.15, -0.1) is 0 Å². The standard InChI is InChI=1S/C23H35N5O3/c1-15(2)21-26-23(31-27-21)28-10-8-18(9-11-28)7-6-12-30-20-13-17(5)19(14-24-20)22(29)25-16(3)4/h13-16,18H,6-12H2,1-5H3,(H,25,29). The number of carbonyl (C=O) groups is 1. The number of hydrogen-bond acceptors (Lipinski definition) is 7. The van der Waals surface area contributed by atoms with Gasteiger partial charge in [0.2, 0.25) is 5.88 Å². The number of nitrogens with one attached hydrogen (secondary N) is 1. The molecule has 2 aromatic rings. The summed E-state index contributed by atoms with van der Waals surface area (Å²) >= 11 is 0. The first-order chi connectivity index (χ1) is 14.8. The number of amides is 1. The molecule has 1 amide bonds. The van der Waals surface area contributed by atoms with E-state index in [1.807, 2.05) is 26.8 Å². The van der Waals surface area contributed by atoms with E-state index in [0.29, 0.717) is 30.0 Å². The fourth-order valence-corrected chi connectivity index (χ4v) is 3.74. The Balaban J connectivity index is 1.37. The molecule has 31 heavy (non-hydrogen) atoms. The van der Waals surface area contributed by atoms with Gasteiger partial charge in [-0.25, -0.2) is 4.98 Å². The molecule has 0 aromatic carbocycles. The number of nitrogens with zero attached hydrogens (tertiary/aromatic N) is 4. The number of aryl methyl sites for hydroxylation is 1. The first-order valence-corrected chi connectivity index (χ1v) is 11.3. The molecule has 0 bridgehead atoms. The van der Waals surface area contributed by atoms with Crippen LogP contribution in [0.5, 0.6) is 5.88 Å². The van der Waals surface area contributed by atoms with Gasteiger partial charge in [0.05, 0.1) is 12.2 Å². The summed E-state index contributed by atoms with van der Waals surface area (Å²) in [4.78, 5) is 23.1. The quantitative estimate of drug-likeness (QED) is 0.600. The fraction of sp³-hybridized carbons (Fsp3) is 0.652. The molecule has 170 valence electrons. The van der Waals surface area contributed by atoms with E-state index in [1.165, 1.54) is 0 Å². The summed E-state index contributed by atoms with van der Waals surface area (Å²) in [5.74, 6) is 2.21. The summed E-state index contributed by atoms with van der Waals surface area (Å²) < 4.78 is 11.2. The molecule has 3 heterocycles. The lowest BCUT2D eigenvalue weighted by Gasteiger charge is -2.30. The van der Waals surface area contributed by atoms with Crippen LogP contribution in [-0.4, -0.2) is 46.8 Å². The van der Waals surface area contributed by atoms with E-state index < -0.39 is 0 Å². The van der Waals surface area contributed by atoms with E-state index in [0.717, 1.165) is 50.2 Å². The van der Waals surface area contributed by atoms with Crippen molar-refractivity contribution >= 4 is 11.9 Å². The van der Waals surface area contributed by atoms with Gasteiger partial charge >= 0.3 is 6.01 Å². The molecule has 0 saturated carbocycles. The van der Waals surface area contributed by atoms with Gasteiger partial charge in [-0.3, -0.25) is 4.79 Å². The molecule has 8 nitrogen and oxygen atoms in total. The Kier molecular flexibility index (Phi) is 7.87. The molecule has 2 aromatic heterocycles. The summed E-state index contributed by atoms with van der Waals surface area (Å²) in [6.45, 7) is 12.5. The average Bonchev–Trinajstić information content (AvgIpc) is 3.22. The number of rotatable bonds is 9. The van der Waals surface area contributed by atoms with Crippen LogP contribution in [-0.2, 0) is 0 Å². The molecule has 0 atom stereocenters. The highest BCUT2D eigenvalue weighted by molar-refractivity contribution is 5.95. The predicted molar refractivity (Wildman–Crippen MR) is 120 cm³/mol. The fourth-order valence-electron chi connectivity index (χ4n) is 3.74. The van der Waals surface area contributed by atoms with Crippen LogP contribution in [0.4, 0.5) is 6.01 Å². The van der Waals surface area contributed by atoms with Gasteiger partial charge in [-0.2, -0.15) is 4.98 Å². The largest absolute Gasteiger partial charge is 0.478 e. The molecule has 1 fully saturated rings. The minimum absolute atomic E-state index is 0.0965. The van der Waals surface area contributed by atoms with E-state index in [4.69, 9.17) is 9.26 Å². The van der Waals surface area contributed by atoms with Crippen molar-refractivity contribution in [2.75, 3.05) is 24.6 Å². The lowest BCUT2D eigenvalue weighted by atomic mass is 9.92. The maximum atomic E-state index is 12.2. The van der Waals surface area contributed by atoms with Gasteiger partial charge in [-0.05, 0) is 57.9 Å². The molecule has 0 aliphatic carbocycles. The zero-order chi connectivity index (χ0) is 22.4. The van der Waals surface area contributed by atoms with Crippen molar-refractivity contribution in [2.24, 2.45) is 5.92 Å². The predicted octanol–water partition coefficient (Wildman–Crippen LogP) is 4.11. The van der Waals surface area contributed by atoms with Gasteiger partial charge in [0, 0.05) is 37.3 Å². The Morgan fingerprint density at radius 2 is 2.03 bits per heavy atom. The van der Waals surface area contributed by atoms with Crippen LogP contribution in [0.1, 0.15) is 81.0 Å². The van der Waals surface area contributed by atoms with Gasteiger partial charge in [-0.1, -0.05) is 19.0 Å². The lowest BCUT2D eigenvalue weighted by Crippen LogP contribution is -2.34. The lowest BCUT2D eigenvalue weighted by molar-refractivity contribution is 0.0942. The first kappa shape index (κ1) is 23.0. The minimum atomic E-state index is -0.0983. The maximum absolute atomic E-state index is 12.2. The van der Waals surface area contributed by atoms with E-state index >= 15 is 0 Å². The second-order valence-corrected chi connectivity index (χ2v) is 8.98. The van der Waals surface area contributed by atoms with Crippen LogP contribution in [0.3, 0.4) is 0 Å². The van der Waals surface area contributed by atoms with Crippen LogP contribution < -0.4 is 15.0 Å². The smallest absolute Gasteiger partial charge is 0.324 e. The number of hydrogen-bond donors (Lipinski definition) is 1. The molecule has 3 rings (SSSR count). The zero-order valence-corrected chi connectivity index (χ0v) is 19.4. The summed E-state index contributed by atoms with van der Waals surface area (Å²) in [7, 11) is 0. The van der Waals surface area contributed by atoms with Crippen molar-refractivity contribution in [3.05, 3.63) is 29.2 Å². The van der Waals surface area contributed by atoms with Gasteiger partial charge < -0.3 is 19.5 Å². The molecule has 1 saturated heterocycles. The number of carbonyl (C=O) groups excluding carboxylic acids is 1. The SMILES string of the molecule is Cc1cc(OCCCC2CCN(c3nc(C(C)C)no3)CC2)ncc1C(=O)NC(C)C. The molecule has 0 radical (unpaired) electrons. The zero-order valence-electron chi connectivity index (χ0n) is 19.4. The number of aromatic nitrogens is 3. The number of piperidine rings is 1. The molecule has 8 heteroatoms. The number of pyridine rings is 1. The second kappa shape index (κ2) is 10.6. The Morgan fingerprint density at radius 1 is 1.29 bits per heavy atom. The van der Waals surface area contributed by atoms with Crippen molar-refractivity contribution in [3.8, 4) is 5.88 Å². The van der Waals surface area contributed by atoms with E-state index in [-0.39, 0.29) is 17.9 Å². The Hall–Kier alpha value is -2.64. The van der Waals surface area contributed by atoms with Gasteiger partial charge in [0.25, 0.3) is 5.91 Å². The first-order valence-electron chi connectivity index (χ1n) is 11.3. The molecule has 0 spiro atoms. The molecule has 0 unspecified atom stereocenters. The monoisotopic (exact) mass is 429 g/mol. The third-order valence-corrected chi connectivity index (χ3v) is 5.59. The highest BCUT2D eigenvalue weighted by Crippen LogP contribution is 2.26. The molecular weight excluding hydrogens is 394 g/mol. The Labute approximate surface area is 184 Å². The van der Waals surface area contributed by atoms with Crippen LogP contribution in [0.15, 0.2) is 16.8 Å². The van der Waals surface area contributed by atoms with E-state index in [9.17, 15) is 4.79 Å². The van der Waals surface area contributed by atoms with E-state index in [2.05, 4.69) is 39.2 Å². The highest BCUT2D eigenvalue weighted by Gasteiger charge is 2.23. The molecule has 1 aliphatic rings.